The Morgan fingerprint density at radius 3 is 1.92 bits per heavy atom. The summed E-state index contributed by atoms with van der Waals surface area (Å²) in [5.74, 6) is -17.5. The third kappa shape index (κ3) is 20.9. The number of phenols is 4. The minimum atomic E-state index is -2.45. The number of nitrogens with zero attached hydrogens (tertiary/aromatic N) is 1. The molecule has 2 saturated heterocycles. The van der Waals surface area contributed by atoms with Gasteiger partial charge in [0.25, 0.3) is 0 Å². The molecule has 2 fully saturated rings. The van der Waals surface area contributed by atoms with Crippen LogP contribution in [0.15, 0.2) is 115 Å². The van der Waals surface area contributed by atoms with E-state index in [2.05, 4.69) is 61.7 Å². The number of halogens is 2. The fourth-order valence-electron chi connectivity index (χ4n) is 15.7. The molecule has 0 saturated carbocycles. The van der Waals surface area contributed by atoms with Crippen LogP contribution < -0.4 is 71.5 Å². The lowest BCUT2D eigenvalue weighted by atomic mass is 9.89. The second-order valence-electron chi connectivity index (χ2n) is 32.3. The molecule has 8 aliphatic rings. The van der Waals surface area contributed by atoms with Crippen molar-refractivity contribution in [2.75, 3.05) is 40.8 Å². The summed E-state index contributed by atoms with van der Waals surface area (Å²) in [6, 6.07) is 5.66. The second-order valence-corrected chi connectivity index (χ2v) is 33.1. The summed E-state index contributed by atoms with van der Waals surface area (Å²) in [5, 5.41) is 161. The molecule has 0 unspecified atom stereocenters. The maximum absolute atomic E-state index is 16.8. The predicted molar refractivity (Wildman–Crippen MR) is 447 cm³/mol. The summed E-state index contributed by atoms with van der Waals surface area (Å²) >= 11 is 14.3. The van der Waals surface area contributed by atoms with Gasteiger partial charge in [0, 0.05) is 48.2 Å². The van der Waals surface area contributed by atoms with Gasteiger partial charge in [-0.15, -0.1) is 0 Å². The summed E-state index contributed by atoms with van der Waals surface area (Å²) in [7, 11) is 4.95. The van der Waals surface area contributed by atoms with Crippen molar-refractivity contribution in [2.45, 2.75) is 181 Å². The van der Waals surface area contributed by atoms with Crippen molar-refractivity contribution in [3.63, 3.8) is 0 Å². The standard InChI is InChI=1S/C87H98Cl2N10O28/c1-37(2)12-9-7-6-8-10-13-60(105)93-69-72(108)74(110)77(85(119)120)127-86(69)126-76-57-30-42-31-58(76)123-54-23-18-41(28-49(54)88)70(106)68-84(118)97-66(79(113)91-24-11-25-99(4)5)47-32-43(101)33-56(124-87-75(111)73(109)71(107)59(36-100)125-87)61(47)46-27-39(16-21-51(46)102)64(81(115)98-68)94-82(116)65(42)95-83(117)67-48-34-45(35-53(104)62(48)89)122-55-29-40(17-22-52(55)103)63(90-3)80(114)92-50(78(112)96-67)26-38-14-19-44(121-57)20-15-38/h14-23,27-35,37,50,59,63-75,77,86-87,90,100-104,106-111H,6-13,24-26,36H2,1-5H3,(H,91,113)(H,92,114)(H,93,105)(H,94,116)(H,95,117)(H,96,112)(H,97,118)(H,98,115)(H,119,120)/t50-,59-,63+,64-,65-,66-,67+,68+,69-,70-,71-,72-,73+,74+,75+,77+,86-,87+/m1/s1. The number of aliphatic hydroxyl groups is 7. The van der Waals surface area contributed by atoms with Gasteiger partial charge in [0.2, 0.25) is 65.6 Å². The number of fused-ring (bicyclic) bond motifs is 14. The van der Waals surface area contributed by atoms with E-state index in [0.29, 0.717) is 30.9 Å². The minimum Gasteiger partial charge on any atom is -0.508 e. The SMILES string of the molecule is CN[C@@H]1C(=O)N[C@@H]2Cc3ccc(cc3)Oc3cc4cc(c3O[C@@H]3O[C@H](C(=O)O)[C@@H](O)[C@H](O)[C@H]3NC(=O)CCCCCCCC(C)C)Oc3ccc(cc3Cl)[C@@H](O)[C@@H]3NC(=O)[C@H](NC(=O)[C@@H]4NC(=O)[C@@H](NC2=O)c2cc(cc(O)c2Cl)Oc2cc1ccc2O)c1ccc(O)c(c1)-c1c(O[C@H]2O[C@H](CO)[C@@H](O)[C@H](O)[C@@H]2O)cc(O)cc1[C@H](C(=O)NCCCN(C)C)NC3=O. The van der Waals surface area contributed by atoms with Gasteiger partial charge in [-0.05, 0) is 153 Å². The van der Waals surface area contributed by atoms with Gasteiger partial charge in [-0.3, -0.25) is 38.4 Å². The Morgan fingerprint density at radius 1 is 0.567 bits per heavy atom. The van der Waals surface area contributed by atoms with Gasteiger partial charge in [-0.1, -0.05) is 99.5 Å². The van der Waals surface area contributed by atoms with E-state index in [1.54, 1.807) is 19.0 Å². The van der Waals surface area contributed by atoms with Gasteiger partial charge in [0.15, 0.2) is 29.1 Å². The number of carboxylic acids is 1. The molecule has 0 radical (unpaired) electrons. The Labute approximate surface area is 735 Å². The molecule has 15 rings (SSSR count). The zero-order chi connectivity index (χ0) is 91.3. The molecular formula is C87H98Cl2N10O28. The Morgan fingerprint density at radius 2 is 1.22 bits per heavy atom. The monoisotopic (exact) mass is 1800 g/mol. The fraction of sp³-hybridized carbons (Fsp3) is 0.414. The predicted octanol–water partition coefficient (Wildman–Crippen LogP) is 3.78. The Kier molecular flexibility index (Phi) is 29.2. The van der Waals surface area contributed by atoms with Crippen LogP contribution in [0.3, 0.4) is 0 Å². The molecule has 8 amide bonds. The number of carbonyl (C=O) groups excluding carboxylic acids is 8. The largest absolute Gasteiger partial charge is 0.508 e. The number of aliphatic carboxylic acids is 1. The summed E-state index contributed by atoms with van der Waals surface area (Å²) in [6.45, 7) is 3.56. The molecule has 7 aromatic carbocycles. The normalized spacial score (nSPS) is 26.0. The van der Waals surface area contributed by atoms with Crippen molar-refractivity contribution in [1.82, 2.24) is 52.8 Å². The molecule has 8 aliphatic heterocycles. The van der Waals surface area contributed by atoms with Crippen LogP contribution in [0, 0.1) is 5.92 Å². The quantitative estimate of drug-likeness (QED) is 0.0455. The number of phenolic OH excluding ortho intramolecular Hbond substituents is 4. The molecule has 0 aliphatic carbocycles. The average Bonchev–Trinajstić information content (AvgIpc) is 0.744. The first-order valence-corrected chi connectivity index (χ1v) is 41.8. The number of hydrogen-bond donors (Lipinski definition) is 21. The zero-order valence-electron chi connectivity index (χ0n) is 69.0. The summed E-state index contributed by atoms with van der Waals surface area (Å²) in [5.41, 5.74) is -2.68. The third-order valence-corrected chi connectivity index (χ3v) is 23.2. The van der Waals surface area contributed by atoms with Crippen LogP contribution in [0.5, 0.6) is 69.0 Å². The van der Waals surface area contributed by atoms with Crippen LogP contribution in [-0.4, -0.2) is 234 Å². The molecule has 8 heterocycles. The number of rotatable bonds is 21. The lowest BCUT2D eigenvalue weighted by Gasteiger charge is -2.41. The third-order valence-electron chi connectivity index (χ3n) is 22.5. The van der Waals surface area contributed by atoms with Crippen molar-refractivity contribution in [1.29, 1.82) is 0 Å². The molecule has 678 valence electrons. The van der Waals surface area contributed by atoms with E-state index in [1.807, 2.05) is 0 Å². The molecule has 7 aromatic rings. The molecule has 38 nitrogen and oxygen atoms in total. The van der Waals surface area contributed by atoms with Crippen molar-refractivity contribution >= 4 is 76.4 Å². The number of aliphatic hydroxyl groups excluding tert-OH is 7. The van der Waals surface area contributed by atoms with E-state index in [9.17, 15) is 75.7 Å². The number of ether oxygens (including phenoxy) is 7. The summed E-state index contributed by atoms with van der Waals surface area (Å²) in [6.07, 6.45) is -16.9. The topological polar surface area (TPSA) is 573 Å². The maximum atomic E-state index is 16.8. The molecule has 0 spiro atoms. The first-order chi connectivity index (χ1) is 60.6. The van der Waals surface area contributed by atoms with Crippen molar-refractivity contribution in [3.8, 4) is 80.1 Å². The number of unbranched alkanes of at least 4 members (excludes halogenated alkanes) is 4. The van der Waals surface area contributed by atoms with Crippen LogP contribution in [0.2, 0.25) is 10.0 Å². The van der Waals surface area contributed by atoms with Gasteiger partial charge in [0.05, 0.1) is 16.7 Å². The number of hydrogen-bond acceptors (Lipinski definition) is 29. The number of carbonyl (C=O) groups is 9. The smallest absolute Gasteiger partial charge is 0.335 e. The first kappa shape index (κ1) is 92.8. The molecule has 18 atom stereocenters. The lowest BCUT2D eigenvalue weighted by molar-refractivity contribution is -0.277. The molecule has 21 N–H and O–H groups in total. The highest BCUT2D eigenvalue weighted by Crippen LogP contribution is 2.51. The maximum Gasteiger partial charge on any atom is 0.335 e. The number of benzene rings is 7. The average molecular weight is 1800 g/mol. The molecule has 40 heteroatoms. The fourth-order valence-corrected chi connectivity index (χ4v) is 16.2. The van der Waals surface area contributed by atoms with Crippen LogP contribution in [0.1, 0.15) is 140 Å². The highest BCUT2D eigenvalue weighted by atomic mass is 35.5. The zero-order valence-corrected chi connectivity index (χ0v) is 70.5. The van der Waals surface area contributed by atoms with Gasteiger partial charge in [0.1, 0.15) is 131 Å². The van der Waals surface area contributed by atoms with E-state index < -0.39 is 271 Å². The molecular weight excluding hydrogens is 1700 g/mol. The van der Waals surface area contributed by atoms with Crippen molar-refractivity contribution < 1.29 is 138 Å². The van der Waals surface area contributed by atoms with Crippen molar-refractivity contribution in [2.24, 2.45) is 5.92 Å². The number of amides is 8. The first-order valence-electron chi connectivity index (χ1n) is 41.0. The lowest BCUT2D eigenvalue weighted by Crippen LogP contribution is -2.66. The summed E-state index contributed by atoms with van der Waals surface area (Å²) < 4.78 is 44.5. The van der Waals surface area contributed by atoms with Gasteiger partial charge in [-0.2, -0.15) is 0 Å². The highest BCUT2D eigenvalue weighted by molar-refractivity contribution is 6.33. The van der Waals surface area contributed by atoms with E-state index in [1.165, 1.54) is 49.5 Å². The van der Waals surface area contributed by atoms with Crippen LogP contribution >= 0.6 is 23.2 Å². The number of likely N-dealkylation sites (N-methyl/N-ethyl adjacent to an activating group) is 1. The Bertz CT molecular complexity index is 5320. The van der Waals surface area contributed by atoms with Gasteiger partial charge in [-0.25, -0.2) is 4.79 Å². The number of carboxylic acid groups (broad SMARTS) is 1. The van der Waals surface area contributed by atoms with E-state index in [-0.39, 0.29) is 47.8 Å². The van der Waals surface area contributed by atoms with Gasteiger partial charge >= 0.3 is 5.97 Å². The molecule has 127 heavy (non-hydrogen) atoms. The van der Waals surface area contributed by atoms with Crippen LogP contribution in [0.25, 0.3) is 11.1 Å². The number of aromatic hydroxyl groups is 4. The molecule has 0 aromatic heterocycles. The number of nitrogens with one attached hydrogen (secondary N) is 9. The van der Waals surface area contributed by atoms with E-state index in [0.717, 1.165) is 98.5 Å². The van der Waals surface area contributed by atoms with Crippen LogP contribution in [0.4, 0.5) is 0 Å². The Balaban J connectivity index is 1.05. The van der Waals surface area contributed by atoms with E-state index >= 15 is 28.8 Å². The van der Waals surface area contributed by atoms with Gasteiger partial charge < -0.3 is 147 Å². The Hall–Kier alpha value is -11.9. The van der Waals surface area contributed by atoms with E-state index in [4.69, 9.17) is 56.4 Å². The second kappa shape index (κ2) is 40.0. The van der Waals surface area contributed by atoms with Crippen molar-refractivity contribution in [3.05, 3.63) is 164 Å². The van der Waals surface area contributed by atoms with Crippen LogP contribution in [-0.2, 0) is 59.0 Å². The summed E-state index contributed by atoms with van der Waals surface area (Å²) in [4.78, 5) is 140. The minimum absolute atomic E-state index is 0.0944. The molecule has 17 bridgehead atoms. The highest BCUT2D eigenvalue weighted by Gasteiger charge is 2.52.